The van der Waals surface area contributed by atoms with Crippen LogP contribution in [0.5, 0.6) is 5.75 Å². The second-order valence-electron chi connectivity index (χ2n) is 4.46. The third-order valence-electron chi connectivity index (χ3n) is 2.88. The van der Waals surface area contributed by atoms with Gasteiger partial charge in [0.25, 0.3) is 0 Å². The molecule has 2 nitrogen and oxygen atoms in total. The van der Waals surface area contributed by atoms with E-state index in [0.717, 1.165) is 0 Å². The minimum Gasteiger partial charge on any atom is -0.406 e. The molecule has 6 heteroatoms. The number of benzene rings is 2. The van der Waals surface area contributed by atoms with Crippen LogP contribution in [0.15, 0.2) is 42.5 Å². The predicted octanol–water partition coefficient (Wildman–Crippen LogP) is 4.64. The van der Waals surface area contributed by atoms with Crippen LogP contribution in [0.1, 0.15) is 11.1 Å². The molecule has 0 aliphatic heterocycles. The van der Waals surface area contributed by atoms with Crippen LogP contribution in [0, 0.1) is 12.7 Å². The van der Waals surface area contributed by atoms with Gasteiger partial charge in [-0.25, -0.2) is 4.39 Å². The molecule has 112 valence electrons. The number of ether oxygens (including phenoxy) is 1. The fourth-order valence-corrected chi connectivity index (χ4v) is 1.85. The van der Waals surface area contributed by atoms with Gasteiger partial charge in [-0.1, -0.05) is 18.2 Å². The van der Waals surface area contributed by atoms with Crippen molar-refractivity contribution in [3.63, 3.8) is 0 Å². The predicted molar refractivity (Wildman–Crippen MR) is 71.6 cm³/mol. The van der Waals surface area contributed by atoms with E-state index in [1.165, 1.54) is 24.3 Å². The maximum atomic E-state index is 13.4. The Morgan fingerprint density at radius 1 is 1.10 bits per heavy atom. The summed E-state index contributed by atoms with van der Waals surface area (Å²) < 4.78 is 53.6. The fraction of sp³-hybridized carbons (Fsp3) is 0.200. The van der Waals surface area contributed by atoms with Crippen LogP contribution in [-0.2, 0) is 6.54 Å². The van der Waals surface area contributed by atoms with Crippen molar-refractivity contribution < 1.29 is 22.3 Å². The molecule has 0 fully saturated rings. The molecule has 2 aromatic carbocycles. The van der Waals surface area contributed by atoms with E-state index in [0.29, 0.717) is 16.8 Å². The zero-order chi connectivity index (χ0) is 15.5. The molecule has 21 heavy (non-hydrogen) atoms. The van der Waals surface area contributed by atoms with Gasteiger partial charge >= 0.3 is 6.36 Å². The molecule has 1 N–H and O–H groups in total. The SMILES string of the molecule is Cc1c(F)cccc1NCc1cccc(OC(F)(F)F)c1. The van der Waals surface area contributed by atoms with Crippen LogP contribution in [0.4, 0.5) is 23.2 Å². The highest BCUT2D eigenvalue weighted by atomic mass is 19.4. The van der Waals surface area contributed by atoms with Crippen molar-refractivity contribution >= 4 is 5.69 Å². The number of anilines is 1. The van der Waals surface area contributed by atoms with E-state index in [-0.39, 0.29) is 18.1 Å². The number of halogens is 4. The van der Waals surface area contributed by atoms with Crippen molar-refractivity contribution in [2.24, 2.45) is 0 Å². The highest BCUT2D eigenvalue weighted by Crippen LogP contribution is 2.24. The van der Waals surface area contributed by atoms with Crippen LogP contribution >= 0.6 is 0 Å². The zero-order valence-electron chi connectivity index (χ0n) is 11.2. The van der Waals surface area contributed by atoms with Crippen molar-refractivity contribution in [1.82, 2.24) is 0 Å². The summed E-state index contributed by atoms with van der Waals surface area (Å²) in [4.78, 5) is 0. The molecule has 0 aliphatic carbocycles. The fourth-order valence-electron chi connectivity index (χ4n) is 1.85. The molecule has 2 aromatic rings. The van der Waals surface area contributed by atoms with Gasteiger partial charge in [0.1, 0.15) is 11.6 Å². The molecular formula is C15H13F4NO. The number of rotatable bonds is 4. The van der Waals surface area contributed by atoms with Gasteiger partial charge in [-0.15, -0.1) is 13.2 Å². The summed E-state index contributed by atoms with van der Waals surface area (Å²) >= 11 is 0. The summed E-state index contributed by atoms with van der Waals surface area (Å²) in [6, 6.07) is 10.3. The van der Waals surface area contributed by atoms with E-state index >= 15 is 0 Å². The van der Waals surface area contributed by atoms with Gasteiger partial charge in [-0.2, -0.15) is 0 Å². The Labute approximate surface area is 119 Å². The second-order valence-corrected chi connectivity index (χ2v) is 4.46. The third kappa shape index (κ3) is 4.37. The van der Waals surface area contributed by atoms with Crippen LogP contribution in [-0.4, -0.2) is 6.36 Å². The Balaban J connectivity index is 2.07. The summed E-state index contributed by atoms with van der Waals surface area (Å²) in [5.74, 6) is -0.619. The van der Waals surface area contributed by atoms with Crippen molar-refractivity contribution in [2.75, 3.05) is 5.32 Å². The molecular weight excluding hydrogens is 286 g/mol. The van der Waals surface area contributed by atoms with Crippen LogP contribution in [0.25, 0.3) is 0 Å². The zero-order valence-corrected chi connectivity index (χ0v) is 11.2. The van der Waals surface area contributed by atoms with Crippen LogP contribution in [0.3, 0.4) is 0 Å². The van der Waals surface area contributed by atoms with Gasteiger partial charge in [-0.3, -0.25) is 0 Å². The second kappa shape index (κ2) is 6.03. The van der Waals surface area contributed by atoms with E-state index in [2.05, 4.69) is 10.1 Å². The van der Waals surface area contributed by atoms with Crippen molar-refractivity contribution in [1.29, 1.82) is 0 Å². The van der Waals surface area contributed by atoms with Gasteiger partial charge in [0.2, 0.25) is 0 Å². The van der Waals surface area contributed by atoms with Gasteiger partial charge < -0.3 is 10.1 Å². The van der Waals surface area contributed by atoms with E-state index < -0.39 is 6.36 Å². The van der Waals surface area contributed by atoms with Gasteiger partial charge in [-0.05, 0) is 36.8 Å². The summed E-state index contributed by atoms with van der Waals surface area (Å²) in [6.45, 7) is 1.89. The molecule has 0 bridgehead atoms. The Morgan fingerprint density at radius 2 is 1.81 bits per heavy atom. The molecule has 0 aromatic heterocycles. The maximum Gasteiger partial charge on any atom is 0.573 e. The third-order valence-corrected chi connectivity index (χ3v) is 2.88. The summed E-state index contributed by atoms with van der Waals surface area (Å²) in [7, 11) is 0. The summed E-state index contributed by atoms with van der Waals surface area (Å²) in [5, 5.41) is 2.98. The lowest BCUT2D eigenvalue weighted by Crippen LogP contribution is -2.17. The number of hydrogen-bond acceptors (Lipinski definition) is 2. The largest absolute Gasteiger partial charge is 0.573 e. The normalized spacial score (nSPS) is 11.3. The molecule has 0 atom stereocenters. The lowest BCUT2D eigenvalue weighted by atomic mass is 10.1. The minimum atomic E-state index is -4.72. The lowest BCUT2D eigenvalue weighted by molar-refractivity contribution is -0.274. The van der Waals surface area contributed by atoms with E-state index in [4.69, 9.17) is 0 Å². The minimum absolute atomic E-state index is 0.263. The average molecular weight is 299 g/mol. The molecule has 0 amide bonds. The van der Waals surface area contributed by atoms with E-state index in [1.54, 1.807) is 25.1 Å². The quantitative estimate of drug-likeness (QED) is 0.830. The van der Waals surface area contributed by atoms with Gasteiger partial charge in [0.15, 0.2) is 0 Å². The first-order chi connectivity index (χ1) is 9.85. The molecule has 0 aliphatic rings. The summed E-state index contributed by atoms with van der Waals surface area (Å²) in [5.41, 5.74) is 1.65. The Kier molecular flexibility index (Phi) is 4.35. The monoisotopic (exact) mass is 299 g/mol. The smallest absolute Gasteiger partial charge is 0.406 e. The molecule has 0 radical (unpaired) electrons. The maximum absolute atomic E-state index is 13.4. The Bertz CT molecular complexity index is 625. The lowest BCUT2D eigenvalue weighted by Gasteiger charge is -2.12. The highest BCUT2D eigenvalue weighted by Gasteiger charge is 2.31. The molecule has 0 unspecified atom stereocenters. The van der Waals surface area contributed by atoms with Gasteiger partial charge in [0.05, 0.1) is 0 Å². The first kappa shape index (κ1) is 15.2. The van der Waals surface area contributed by atoms with Crippen LogP contribution in [0.2, 0.25) is 0 Å². The number of hydrogen-bond donors (Lipinski definition) is 1. The summed E-state index contributed by atoms with van der Waals surface area (Å²) in [6.07, 6.45) is -4.72. The van der Waals surface area contributed by atoms with Crippen molar-refractivity contribution in [2.45, 2.75) is 19.8 Å². The average Bonchev–Trinajstić information content (AvgIpc) is 2.39. The molecule has 2 rings (SSSR count). The van der Waals surface area contributed by atoms with Gasteiger partial charge in [0, 0.05) is 17.8 Å². The van der Waals surface area contributed by atoms with E-state index in [9.17, 15) is 17.6 Å². The van der Waals surface area contributed by atoms with E-state index in [1.807, 2.05) is 0 Å². The number of alkyl halides is 3. The Morgan fingerprint density at radius 3 is 2.52 bits per heavy atom. The topological polar surface area (TPSA) is 21.3 Å². The number of nitrogens with one attached hydrogen (secondary N) is 1. The first-order valence-corrected chi connectivity index (χ1v) is 6.19. The first-order valence-electron chi connectivity index (χ1n) is 6.19. The Hall–Kier alpha value is -2.24. The standard InChI is InChI=1S/C15H13F4NO/c1-10-13(16)6-3-7-14(10)20-9-11-4-2-5-12(8-11)21-15(17,18)19/h2-8,20H,9H2,1H3. The molecule has 0 spiro atoms. The highest BCUT2D eigenvalue weighted by molar-refractivity contribution is 5.51. The van der Waals surface area contributed by atoms with Crippen LogP contribution < -0.4 is 10.1 Å². The molecule has 0 saturated heterocycles. The molecule has 0 saturated carbocycles. The van der Waals surface area contributed by atoms with Crippen molar-refractivity contribution in [3.8, 4) is 5.75 Å². The molecule has 0 heterocycles. The van der Waals surface area contributed by atoms with Crippen molar-refractivity contribution in [3.05, 3.63) is 59.4 Å².